The fraction of sp³-hybridized carbons (Fsp3) is 0.917. The molecule has 1 aliphatic carbocycles. The van der Waals surface area contributed by atoms with E-state index < -0.39 is 0 Å². The number of Topliss-reactive ketones (excluding diaryl/α,β-unsaturated/α-hetero) is 1. The predicted octanol–water partition coefficient (Wildman–Crippen LogP) is 2.83. The predicted molar refractivity (Wildman–Crippen MR) is 57.2 cm³/mol. The summed E-state index contributed by atoms with van der Waals surface area (Å²) >= 11 is 0. The largest absolute Gasteiger partial charge is 0.393 e. The van der Waals surface area contributed by atoms with Crippen LogP contribution >= 0.6 is 0 Å². The number of aliphatic hydroxyl groups excluding tert-OH is 1. The number of carbonyl (C=O) groups is 1. The Morgan fingerprint density at radius 3 is 2.29 bits per heavy atom. The van der Waals surface area contributed by atoms with E-state index in [1.54, 1.807) is 0 Å². The van der Waals surface area contributed by atoms with E-state index in [2.05, 4.69) is 0 Å². The number of hydrogen-bond acceptors (Lipinski definition) is 2. The summed E-state index contributed by atoms with van der Waals surface area (Å²) in [5.41, 5.74) is 0. The molecule has 1 atom stereocenters. The zero-order valence-electron chi connectivity index (χ0n) is 9.00. The van der Waals surface area contributed by atoms with E-state index in [-0.39, 0.29) is 6.10 Å². The van der Waals surface area contributed by atoms with Crippen LogP contribution in [0.3, 0.4) is 0 Å². The van der Waals surface area contributed by atoms with Crippen molar-refractivity contribution >= 4 is 5.78 Å². The SMILES string of the molecule is O=C1CCCCCCCC(O)CCC1. The van der Waals surface area contributed by atoms with Crippen molar-refractivity contribution in [1.82, 2.24) is 0 Å². The maximum atomic E-state index is 11.3. The number of aliphatic hydroxyl groups is 1. The molecule has 0 amide bonds. The van der Waals surface area contributed by atoms with Crippen LogP contribution in [0.1, 0.15) is 64.2 Å². The van der Waals surface area contributed by atoms with Crippen molar-refractivity contribution < 1.29 is 9.90 Å². The second-order valence-corrected chi connectivity index (χ2v) is 4.39. The summed E-state index contributed by atoms with van der Waals surface area (Å²) in [6.45, 7) is 0. The van der Waals surface area contributed by atoms with E-state index in [1.165, 1.54) is 19.3 Å². The average molecular weight is 198 g/mol. The quantitative estimate of drug-likeness (QED) is 0.650. The van der Waals surface area contributed by atoms with Crippen LogP contribution in [-0.2, 0) is 4.79 Å². The monoisotopic (exact) mass is 198 g/mol. The summed E-state index contributed by atoms with van der Waals surface area (Å²) in [6, 6.07) is 0. The first-order valence-corrected chi connectivity index (χ1v) is 5.99. The Bertz CT molecular complexity index is 166. The zero-order chi connectivity index (χ0) is 10.2. The highest BCUT2D eigenvalue weighted by atomic mass is 16.3. The van der Waals surface area contributed by atoms with E-state index in [9.17, 15) is 9.90 Å². The standard InChI is InChI=1S/C12H22O2/c13-11-7-4-2-1-3-5-8-12(14)10-6-9-11/h11,13H,1-10H2. The lowest BCUT2D eigenvalue weighted by atomic mass is 9.99. The van der Waals surface area contributed by atoms with Crippen LogP contribution in [0.4, 0.5) is 0 Å². The Labute approximate surface area is 86.7 Å². The molecule has 82 valence electrons. The minimum atomic E-state index is -0.165. The first-order valence-electron chi connectivity index (χ1n) is 5.99. The van der Waals surface area contributed by atoms with Gasteiger partial charge in [-0.15, -0.1) is 0 Å². The molecule has 1 fully saturated rings. The van der Waals surface area contributed by atoms with Gasteiger partial charge in [-0.2, -0.15) is 0 Å². The van der Waals surface area contributed by atoms with Gasteiger partial charge in [0.05, 0.1) is 6.10 Å². The molecule has 0 aromatic rings. The molecule has 1 N–H and O–H groups in total. The molecule has 0 spiro atoms. The molecule has 1 unspecified atom stereocenters. The minimum Gasteiger partial charge on any atom is -0.393 e. The lowest BCUT2D eigenvalue weighted by molar-refractivity contribution is -0.119. The molecule has 0 saturated heterocycles. The maximum Gasteiger partial charge on any atom is 0.132 e. The van der Waals surface area contributed by atoms with Crippen molar-refractivity contribution in [3.63, 3.8) is 0 Å². The van der Waals surface area contributed by atoms with Gasteiger partial charge < -0.3 is 5.11 Å². The van der Waals surface area contributed by atoms with Gasteiger partial charge in [0.15, 0.2) is 0 Å². The molecule has 0 bridgehead atoms. The highest BCUT2D eigenvalue weighted by molar-refractivity contribution is 5.78. The van der Waals surface area contributed by atoms with Crippen molar-refractivity contribution in [3.8, 4) is 0 Å². The highest BCUT2D eigenvalue weighted by Gasteiger charge is 2.08. The topological polar surface area (TPSA) is 37.3 Å². The summed E-state index contributed by atoms with van der Waals surface area (Å²) in [5, 5.41) is 9.57. The summed E-state index contributed by atoms with van der Waals surface area (Å²) in [4.78, 5) is 11.3. The van der Waals surface area contributed by atoms with Crippen LogP contribution in [-0.4, -0.2) is 17.0 Å². The molecule has 0 aromatic carbocycles. The lowest BCUT2D eigenvalue weighted by Gasteiger charge is -2.11. The molecule has 2 nitrogen and oxygen atoms in total. The second-order valence-electron chi connectivity index (χ2n) is 4.39. The third-order valence-corrected chi connectivity index (χ3v) is 2.99. The van der Waals surface area contributed by atoms with Gasteiger partial charge >= 0.3 is 0 Å². The third kappa shape index (κ3) is 5.38. The minimum absolute atomic E-state index is 0.165. The van der Waals surface area contributed by atoms with Crippen LogP contribution in [0, 0.1) is 0 Å². The van der Waals surface area contributed by atoms with Gasteiger partial charge in [0, 0.05) is 12.8 Å². The van der Waals surface area contributed by atoms with Gasteiger partial charge in [0.25, 0.3) is 0 Å². The summed E-state index contributed by atoms with van der Waals surface area (Å²) in [7, 11) is 0. The van der Waals surface area contributed by atoms with Gasteiger partial charge in [0.2, 0.25) is 0 Å². The molecule has 1 aliphatic rings. The molecule has 2 heteroatoms. The Morgan fingerprint density at radius 2 is 1.43 bits per heavy atom. The van der Waals surface area contributed by atoms with Crippen LogP contribution < -0.4 is 0 Å². The normalized spacial score (nSPS) is 27.8. The molecular weight excluding hydrogens is 176 g/mol. The molecule has 1 rings (SSSR count). The highest BCUT2D eigenvalue weighted by Crippen LogP contribution is 2.15. The lowest BCUT2D eigenvalue weighted by Crippen LogP contribution is -2.08. The van der Waals surface area contributed by atoms with E-state index in [0.29, 0.717) is 12.2 Å². The van der Waals surface area contributed by atoms with Crippen LogP contribution in [0.5, 0.6) is 0 Å². The van der Waals surface area contributed by atoms with Crippen LogP contribution in [0.15, 0.2) is 0 Å². The fourth-order valence-electron chi connectivity index (χ4n) is 2.04. The molecule has 0 heterocycles. The van der Waals surface area contributed by atoms with Gasteiger partial charge in [-0.25, -0.2) is 0 Å². The van der Waals surface area contributed by atoms with Crippen molar-refractivity contribution in [1.29, 1.82) is 0 Å². The first-order chi connectivity index (χ1) is 6.79. The molecule has 1 saturated carbocycles. The molecule has 14 heavy (non-hydrogen) atoms. The second kappa shape index (κ2) is 6.99. The zero-order valence-corrected chi connectivity index (χ0v) is 9.00. The smallest absolute Gasteiger partial charge is 0.132 e. The molecular formula is C12H22O2. The molecule has 0 aliphatic heterocycles. The van der Waals surface area contributed by atoms with Gasteiger partial charge in [-0.3, -0.25) is 4.79 Å². The Morgan fingerprint density at radius 1 is 0.857 bits per heavy atom. The maximum absolute atomic E-state index is 11.3. The number of rotatable bonds is 0. The summed E-state index contributed by atoms with van der Waals surface area (Å²) in [6.07, 6.45) is 9.72. The number of carbonyl (C=O) groups excluding carboxylic acids is 1. The van der Waals surface area contributed by atoms with E-state index in [4.69, 9.17) is 0 Å². The Hall–Kier alpha value is -0.370. The van der Waals surface area contributed by atoms with E-state index in [0.717, 1.165) is 38.5 Å². The van der Waals surface area contributed by atoms with Crippen LogP contribution in [0.2, 0.25) is 0 Å². The molecule has 0 aromatic heterocycles. The number of hydrogen-bond donors (Lipinski definition) is 1. The van der Waals surface area contributed by atoms with Crippen LogP contribution in [0.25, 0.3) is 0 Å². The summed E-state index contributed by atoms with van der Waals surface area (Å²) < 4.78 is 0. The summed E-state index contributed by atoms with van der Waals surface area (Å²) in [5.74, 6) is 0.387. The first kappa shape index (κ1) is 11.7. The Kier molecular flexibility index (Phi) is 5.85. The van der Waals surface area contributed by atoms with E-state index >= 15 is 0 Å². The van der Waals surface area contributed by atoms with Crippen molar-refractivity contribution in [3.05, 3.63) is 0 Å². The van der Waals surface area contributed by atoms with Gasteiger partial charge in [-0.05, 0) is 25.7 Å². The average Bonchev–Trinajstić information content (AvgIpc) is 2.14. The van der Waals surface area contributed by atoms with Crippen molar-refractivity contribution in [2.24, 2.45) is 0 Å². The Balaban J connectivity index is 2.24. The van der Waals surface area contributed by atoms with Crippen molar-refractivity contribution in [2.45, 2.75) is 70.3 Å². The number of ketones is 1. The molecule has 0 radical (unpaired) electrons. The van der Waals surface area contributed by atoms with E-state index in [1.807, 2.05) is 0 Å². The van der Waals surface area contributed by atoms with Gasteiger partial charge in [-0.1, -0.05) is 25.7 Å². The van der Waals surface area contributed by atoms with Crippen molar-refractivity contribution in [2.75, 3.05) is 0 Å². The van der Waals surface area contributed by atoms with Gasteiger partial charge in [0.1, 0.15) is 5.78 Å². The third-order valence-electron chi connectivity index (χ3n) is 2.99. The fourth-order valence-corrected chi connectivity index (χ4v) is 2.04.